The van der Waals surface area contributed by atoms with Crippen LogP contribution in [0.4, 0.5) is 18.9 Å². The summed E-state index contributed by atoms with van der Waals surface area (Å²) in [6, 6.07) is 6.35. The van der Waals surface area contributed by atoms with E-state index in [4.69, 9.17) is 25.5 Å². The molecule has 10 heteroatoms. The van der Waals surface area contributed by atoms with Crippen LogP contribution in [0.3, 0.4) is 0 Å². The van der Waals surface area contributed by atoms with E-state index >= 15 is 0 Å². The van der Waals surface area contributed by atoms with E-state index in [2.05, 4.69) is 12.2 Å². The van der Waals surface area contributed by atoms with Gasteiger partial charge in [-0.1, -0.05) is 83.6 Å². The van der Waals surface area contributed by atoms with E-state index in [-0.39, 0.29) is 6.61 Å². The minimum atomic E-state index is -5.08. The van der Waals surface area contributed by atoms with Crippen LogP contribution in [0.1, 0.15) is 84.0 Å². The third-order valence-electron chi connectivity index (χ3n) is 5.14. The first kappa shape index (κ1) is 32.7. The number of benzene rings is 1. The molecular formula is C25H41F3N2O5. The molecule has 1 aromatic rings. The number of unbranched alkanes of at least 4 members (excludes halogenated alkanes) is 11. The molecule has 0 aliphatic rings. The smallest absolute Gasteiger partial charge is 0.490 e. The average molecular weight is 507 g/mol. The number of aliphatic hydroxyl groups is 1. The Kier molecular flexibility index (Phi) is 18.6. The van der Waals surface area contributed by atoms with Crippen molar-refractivity contribution in [3.8, 4) is 5.75 Å². The Bertz CT molecular complexity index is 702. The predicted octanol–water partition coefficient (Wildman–Crippen LogP) is 5.66. The summed E-state index contributed by atoms with van der Waals surface area (Å²) in [5, 5.41) is 18.7. The van der Waals surface area contributed by atoms with Crippen molar-refractivity contribution < 1.29 is 37.7 Å². The topological polar surface area (TPSA) is 122 Å². The van der Waals surface area contributed by atoms with Gasteiger partial charge in [0.2, 0.25) is 5.91 Å². The number of ether oxygens (including phenoxy) is 1. The Morgan fingerprint density at radius 2 is 1.46 bits per heavy atom. The van der Waals surface area contributed by atoms with Crippen molar-refractivity contribution in [3.63, 3.8) is 0 Å². The summed E-state index contributed by atoms with van der Waals surface area (Å²) >= 11 is 0. The molecule has 0 fully saturated rings. The van der Waals surface area contributed by atoms with Gasteiger partial charge in [0.1, 0.15) is 11.8 Å². The van der Waals surface area contributed by atoms with Crippen LogP contribution >= 0.6 is 0 Å². The second-order valence-electron chi connectivity index (χ2n) is 8.35. The van der Waals surface area contributed by atoms with Gasteiger partial charge >= 0.3 is 12.1 Å². The number of hydrogen-bond donors (Lipinski definition) is 4. The fourth-order valence-electron chi connectivity index (χ4n) is 3.11. The van der Waals surface area contributed by atoms with E-state index in [0.717, 1.165) is 12.2 Å². The molecule has 0 aliphatic carbocycles. The molecule has 202 valence electrons. The van der Waals surface area contributed by atoms with Gasteiger partial charge in [0, 0.05) is 11.8 Å². The lowest BCUT2D eigenvalue weighted by Gasteiger charge is -2.11. The molecule has 35 heavy (non-hydrogen) atoms. The van der Waals surface area contributed by atoms with Gasteiger partial charge in [-0.2, -0.15) is 13.2 Å². The highest BCUT2D eigenvalue weighted by Gasteiger charge is 2.38. The number of nitrogens with two attached hydrogens (primary N) is 1. The molecule has 0 aromatic heterocycles. The van der Waals surface area contributed by atoms with E-state index in [1.807, 2.05) is 12.1 Å². The fourth-order valence-corrected chi connectivity index (χ4v) is 3.11. The van der Waals surface area contributed by atoms with Gasteiger partial charge in [0.05, 0.1) is 13.2 Å². The van der Waals surface area contributed by atoms with Crippen molar-refractivity contribution >= 4 is 17.6 Å². The second-order valence-corrected chi connectivity index (χ2v) is 8.35. The molecule has 1 aromatic carbocycles. The fraction of sp³-hybridized carbons (Fsp3) is 0.680. The minimum Gasteiger partial charge on any atom is -0.494 e. The van der Waals surface area contributed by atoms with Crippen LogP contribution in [-0.2, 0) is 9.59 Å². The third kappa shape index (κ3) is 18.6. The average Bonchev–Trinajstić information content (AvgIpc) is 2.81. The summed E-state index contributed by atoms with van der Waals surface area (Å²) in [5.74, 6) is -2.42. The van der Waals surface area contributed by atoms with Crippen molar-refractivity contribution in [2.75, 3.05) is 18.5 Å². The maximum absolute atomic E-state index is 11.7. The molecule has 1 amide bonds. The molecule has 1 rings (SSSR count). The molecule has 0 heterocycles. The summed E-state index contributed by atoms with van der Waals surface area (Å²) in [4.78, 5) is 20.6. The standard InChI is InChI=1S/C23H40N2O3.C2HF3O2/c1-2-3-4-5-6-7-8-9-10-11-12-13-17-28-21-16-14-15-20(18-21)25-23(27)22(24)19-26;3-2(4,5)1(6)7/h14-16,18,22,26H,2-13,17,19,24H2,1H3,(H,25,27);(H,6,7). The molecule has 0 spiro atoms. The van der Waals surface area contributed by atoms with E-state index in [1.54, 1.807) is 12.1 Å². The number of halogens is 3. The van der Waals surface area contributed by atoms with Crippen LogP contribution in [0.25, 0.3) is 0 Å². The van der Waals surface area contributed by atoms with Gasteiger partial charge < -0.3 is 26.0 Å². The normalized spacial score (nSPS) is 11.8. The number of nitrogens with one attached hydrogen (secondary N) is 1. The lowest BCUT2D eigenvalue weighted by atomic mass is 10.1. The van der Waals surface area contributed by atoms with Crippen LogP contribution in [-0.4, -0.2) is 47.5 Å². The minimum absolute atomic E-state index is 0.374. The van der Waals surface area contributed by atoms with Crippen molar-refractivity contribution in [3.05, 3.63) is 24.3 Å². The van der Waals surface area contributed by atoms with Gasteiger partial charge in [0.15, 0.2) is 0 Å². The molecule has 7 nitrogen and oxygen atoms in total. The number of hydrogen-bond acceptors (Lipinski definition) is 5. The largest absolute Gasteiger partial charge is 0.494 e. The van der Waals surface area contributed by atoms with Crippen molar-refractivity contribution in [1.82, 2.24) is 0 Å². The SMILES string of the molecule is CCCCCCCCCCCCCCOc1cccc(NC(=O)C(N)CO)c1.O=C(O)C(F)(F)F. The number of alkyl halides is 3. The number of aliphatic carboxylic acids is 1. The molecule has 1 atom stereocenters. The quantitative estimate of drug-likeness (QED) is 0.202. The van der Waals surface area contributed by atoms with Gasteiger partial charge in [-0.3, -0.25) is 4.79 Å². The molecular weight excluding hydrogens is 465 g/mol. The number of anilines is 1. The van der Waals surface area contributed by atoms with E-state index < -0.39 is 24.1 Å². The number of amides is 1. The van der Waals surface area contributed by atoms with Gasteiger partial charge in [-0.15, -0.1) is 0 Å². The zero-order valence-corrected chi connectivity index (χ0v) is 20.6. The predicted molar refractivity (Wildman–Crippen MR) is 130 cm³/mol. The Hall–Kier alpha value is -2.33. The highest BCUT2D eigenvalue weighted by molar-refractivity contribution is 5.94. The molecule has 0 saturated carbocycles. The Morgan fingerprint density at radius 3 is 1.91 bits per heavy atom. The first-order valence-electron chi connectivity index (χ1n) is 12.3. The first-order valence-corrected chi connectivity index (χ1v) is 12.3. The van der Waals surface area contributed by atoms with Crippen LogP contribution in [0.15, 0.2) is 24.3 Å². The third-order valence-corrected chi connectivity index (χ3v) is 5.14. The van der Waals surface area contributed by atoms with Crippen molar-refractivity contribution in [1.29, 1.82) is 0 Å². The first-order chi connectivity index (χ1) is 16.6. The summed E-state index contributed by atoms with van der Waals surface area (Å²) in [7, 11) is 0. The summed E-state index contributed by atoms with van der Waals surface area (Å²) < 4.78 is 37.5. The maximum Gasteiger partial charge on any atom is 0.490 e. The van der Waals surface area contributed by atoms with Gasteiger partial charge in [0.25, 0.3) is 0 Å². The summed E-state index contributed by atoms with van der Waals surface area (Å²) in [6.45, 7) is 2.57. The van der Waals surface area contributed by atoms with E-state index in [9.17, 15) is 18.0 Å². The number of carbonyl (C=O) groups excluding carboxylic acids is 1. The zero-order valence-electron chi connectivity index (χ0n) is 20.6. The summed E-state index contributed by atoms with van der Waals surface area (Å²) in [6.07, 6.45) is 10.8. The van der Waals surface area contributed by atoms with Crippen LogP contribution in [0, 0.1) is 0 Å². The number of aliphatic hydroxyl groups excluding tert-OH is 1. The lowest BCUT2D eigenvalue weighted by Crippen LogP contribution is -2.38. The Morgan fingerprint density at radius 1 is 0.971 bits per heavy atom. The zero-order chi connectivity index (χ0) is 26.5. The number of carboxylic acid groups (broad SMARTS) is 1. The van der Waals surface area contributed by atoms with Crippen LogP contribution < -0.4 is 15.8 Å². The van der Waals surface area contributed by atoms with Gasteiger partial charge in [-0.25, -0.2) is 4.79 Å². The molecule has 0 saturated heterocycles. The highest BCUT2D eigenvalue weighted by atomic mass is 19.4. The maximum atomic E-state index is 11.7. The second kappa shape index (κ2) is 19.9. The monoisotopic (exact) mass is 506 g/mol. The number of carbonyl (C=O) groups is 2. The Balaban J connectivity index is 0.00000143. The Labute approximate surface area is 206 Å². The van der Waals surface area contributed by atoms with E-state index in [0.29, 0.717) is 12.3 Å². The van der Waals surface area contributed by atoms with E-state index in [1.165, 1.54) is 70.6 Å². The van der Waals surface area contributed by atoms with Gasteiger partial charge in [-0.05, 0) is 18.6 Å². The molecule has 0 radical (unpaired) electrons. The van der Waals surface area contributed by atoms with Crippen molar-refractivity contribution in [2.45, 2.75) is 96.2 Å². The lowest BCUT2D eigenvalue weighted by molar-refractivity contribution is -0.192. The van der Waals surface area contributed by atoms with Crippen LogP contribution in [0.5, 0.6) is 5.75 Å². The number of rotatable bonds is 17. The molecule has 1 unspecified atom stereocenters. The number of carboxylic acids is 1. The molecule has 0 bridgehead atoms. The van der Waals surface area contributed by atoms with Crippen LogP contribution in [0.2, 0.25) is 0 Å². The van der Waals surface area contributed by atoms with Crippen molar-refractivity contribution in [2.24, 2.45) is 5.73 Å². The summed E-state index contributed by atoms with van der Waals surface area (Å²) in [5.41, 5.74) is 6.12. The molecule has 5 N–H and O–H groups in total. The molecule has 0 aliphatic heterocycles. The highest BCUT2D eigenvalue weighted by Crippen LogP contribution is 2.18.